The number of piperidine rings is 1. The summed E-state index contributed by atoms with van der Waals surface area (Å²) < 4.78 is 12.0. The van der Waals surface area contributed by atoms with Crippen LogP contribution in [0.2, 0.25) is 10.0 Å². The zero-order valence-electron chi connectivity index (χ0n) is 18.7. The molecule has 1 spiro atoms. The Morgan fingerprint density at radius 1 is 1.18 bits per heavy atom. The van der Waals surface area contributed by atoms with Gasteiger partial charge in [-0.15, -0.1) is 12.4 Å². The number of rotatable bonds is 8. The molecule has 2 aliphatic rings. The Morgan fingerprint density at radius 2 is 1.88 bits per heavy atom. The summed E-state index contributed by atoms with van der Waals surface area (Å²) in [7, 11) is 0. The van der Waals surface area contributed by atoms with Crippen molar-refractivity contribution >= 4 is 41.6 Å². The molecule has 0 aliphatic carbocycles. The van der Waals surface area contributed by atoms with E-state index in [9.17, 15) is 4.79 Å². The molecule has 0 aromatic heterocycles. The van der Waals surface area contributed by atoms with Crippen molar-refractivity contribution in [1.29, 1.82) is 0 Å². The minimum absolute atomic E-state index is 0. The minimum atomic E-state index is -0.776. The quantitative estimate of drug-likeness (QED) is 0.458. The normalized spacial score (nSPS) is 16.7. The number of fused-ring (bicyclic) bond motifs is 2. The Balaban J connectivity index is 0.00000306. The maximum absolute atomic E-state index is 11.0. The van der Waals surface area contributed by atoms with Crippen molar-refractivity contribution in [3.63, 3.8) is 0 Å². The zero-order chi connectivity index (χ0) is 22.7. The number of benzene rings is 2. The maximum atomic E-state index is 11.0. The van der Waals surface area contributed by atoms with Gasteiger partial charge in [-0.25, -0.2) is 0 Å². The topological polar surface area (TPSA) is 59.0 Å². The third-order valence-corrected chi connectivity index (χ3v) is 7.28. The lowest BCUT2D eigenvalue weighted by Gasteiger charge is -2.37. The van der Waals surface area contributed by atoms with Crippen LogP contribution < -0.4 is 9.47 Å². The molecule has 1 fully saturated rings. The molecule has 0 radical (unpaired) electrons. The van der Waals surface area contributed by atoms with E-state index in [0.29, 0.717) is 29.0 Å². The average Bonchev–Trinajstić information content (AvgIpc) is 3.10. The third-order valence-electron chi connectivity index (χ3n) is 6.60. The number of aliphatic carboxylic acids is 1. The van der Waals surface area contributed by atoms with Gasteiger partial charge in [0.15, 0.2) is 0 Å². The van der Waals surface area contributed by atoms with Crippen molar-refractivity contribution in [2.75, 3.05) is 26.2 Å². The smallest absolute Gasteiger partial charge is 0.317 e. The summed E-state index contributed by atoms with van der Waals surface area (Å²) in [5.41, 5.74) is 3.09. The molecule has 2 heterocycles. The van der Waals surface area contributed by atoms with E-state index in [1.165, 1.54) is 5.56 Å². The van der Waals surface area contributed by atoms with Crippen molar-refractivity contribution in [3.8, 4) is 11.5 Å². The third kappa shape index (κ3) is 5.89. The molecule has 0 amide bonds. The van der Waals surface area contributed by atoms with Gasteiger partial charge in [0.05, 0.1) is 13.2 Å². The summed E-state index contributed by atoms with van der Waals surface area (Å²) >= 11 is 13.0. The molecule has 1 N–H and O–H groups in total. The fourth-order valence-electron chi connectivity index (χ4n) is 4.66. The fourth-order valence-corrected chi connectivity index (χ4v) is 5.30. The highest BCUT2D eigenvalue weighted by Crippen LogP contribution is 2.46. The van der Waals surface area contributed by atoms with Crippen LogP contribution in [0.15, 0.2) is 30.3 Å². The molecular formula is C25H30Cl3NO4. The number of likely N-dealkylation sites (tertiary alicyclic amines) is 1. The van der Waals surface area contributed by atoms with Crippen molar-refractivity contribution in [3.05, 3.63) is 57.1 Å². The molecule has 33 heavy (non-hydrogen) atoms. The lowest BCUT2D eigenvalue weighted by atomic mass is 9.74. The number of halogens is 3. The number of nitrogens with zero attached hydrogens (tertiary/aromatic N) is 1. The first-order valence-electron chi connectivity index (χ1n) is 11.2. The Bertz CT molecular complexity index is 967. The maximum Gasteiger partial charge on any atom is 0.317 e. The first kappa shape index (κ1) is 26.0. The van der Waals surface area contributed by atoms with Crippen LogP contribution in [0.4, 0.5) is 0 Å². The van der Waals surface area contributed by atoms with Gasteiger partial charge >= 0.3 is 5.97 Å². The molecule has 2 aliphatic heterocycles. The predicted octanol–water partition coefficient (Wildman–Crippen LogP) is 6.15. The first-order valence-corrected chi connectivity index (χ1v) is 12.0. The number of unbranched alkanes of at least 4 members (excludes halogenated alkanes) is 1. The highest BCUT2D eigenvalue weighted by atomic mass is 35.5. The van der Waals surface area contributed by atoms with Gasteiger partial charge in [0, 0.05) is 32.7 Å². The summed E-state index contributed by atoms with van der Waals surface area (Å²) in [6, 6.07) is 9.95. The van der Waals surface area contributed by atoms with Crippen LogP contribution in [0.5, 0.6) is 11.5 Å². The monoisotopic (exact) mass is 513 g/mol. The highest BCUT2D eigenvalue weighted by molar-refractivity contribution is 6.36. The molecule has 1 saturated heterocycles. The van der Waals surface area contributed by atoms with Gasteiger partial charge in [-0.2, -0.15) is 0 Å². The van der Waals surface area contributed by atoms with Gasteiger partial charge in [0.2, 0.25) is 0 Å². The average molecular weight is 515 g/mol. The van der Waals surface area contributed by atoms with Crippen LogP contribution >= 0.6 is 35.6 Å². The van der Waals surface area contributed by atoms with Gasteiger partial charge in [0.25, 0.3) is 0 Å². The lowest BCUT2D eigenvalue weighted by Crippen LogP contribution is -2.45. The predicted molar refractivity (Wildman–Crippen MR) is 134 cm³/mol. The van der Waals surface area contributed by atoms with E-state index < -0.39 is 5.97 Å². The molecule has 2 aromatic carbocycles. The molecule has 0 atom stereocenters. The molecule has 5 nitrogen and oxygen atoms in total. The van der Waals surface area contributed by atoms with Gasteiger partial charge in [-0.3, -0.25) is 9.69 Å². The van der Waals surface area contributed by atoms with E-state index in [-0.39, 0.29) is 24.4 Å². The van der Waals surface area contributed by atoms with E-state index in [1.54, 1.807) is 0 Å². The summed E-state index contributed by atoms with van der Waals surface area (Å²) in [5.74, 6) is 0.786. The number of carbonyl (C=O) groups is 1. The second-order valence-corrected chi connectivity index (χ2v) is 9.64. The van der Waals surface area contributed by atoms with Crippen LogP contribution in [-0.2, 0) is 23.2 Å². The number of aryl methyl sites for hydroxylation is 1. The lowest BCUT2D eigenvalue weighted by molar-refractivity contribution is -0.138. The molecule has 0 unspecified atom stereocenters. The Kier molecular flexibility index (Phi) is 8.79. The second-order valence-electron chi connectivity index (χ2n) is 8.83. The standard InChI is InChI=1S/C25H29Cl2NO4.ClH/c1-2-3-4-17-11-21(26)19(22(27)12-17)15-31-18-5-6-20-23(13-18)32-16-25(20)7-9-28(10-8-25)14-24(29)30;/h5-6,11-13H,2-4,7-10,14-16H2,1H3,(H,29,30);1H. The van der Waals surface area contributed by atoms with E-state index in [2.05, 4.69) is 13.0 Å². The molecular weight excluding hydrogens is 485 g/mol. The number of carboxylic acids is 1. The van der Waals surface area contributed by atoms with Gasteiger partial charge in [0.1, 0.15) is 18.1 Å². The molecule has 4 rings (SSSR count). The first-order chi connectivity index (χ1) is 15.4. The van der Waals surface area contributed by atoms with Gasteiger partial charge in [-0.1, -0.05) is 42.6 Å². The fraction of sp³-hybridized carbons (Fsp3) is 0.480. The highest BCUT2D eigenvalue weighted by Gasteiger charge is 2.43. The molecule has 2 aromatic rings. The van der Waals surface area contributed by atoms with E-state index in [0.717, 1.165) is 62.1 Å². The zero-order valence-corrected chi connectivity index (χ0v) is 21.1. The molecule has 180 valence electrons. The van der Waals surface area contributed by atoms with Crippen LogP contribution in [-0.4, -0.2) is 42.2 Å². The number of hydrogen-bond acceptors (Lipinski definition) is 4. The largest absolute Gasteiger partial charge is 0.492 e. The Labute approximate surface area is 211 Å². The van der Waals surface area contributed by atoms with Crippen LogP contribution in [0.25, 0.3) is 0 Å². The van der Waals surface area contributed by atoms with Crippen LogP contribution in [0, 0.1) is 0 Å². The van der Waals surface area contributed by atoms with Crippen molar-refractivity contribution in [1.82, 2.24) is 4.90 Å². The van der Waals surface area contributed by atoms with Crippen molar-refractivity contribution < 1.29 is 19.4 Å². The van der Waals surface area contributed by atoms with Gasteiger partial charge in [-0.05, 0) is 62.5 Å². The van der Waals surface area contributed by atoms with E-state index >= 15 is 0 Å². The van der Waals surface area contributed by atoms with E-state index in [1.807, 2.05) is 29.2 Å². The number of carboxylic acid groups (broad SMARTS) is 1. The van der Waals surface area contributed by atoms with E-state index in [4.69, 9.17) is 37.8 Å². The minimum Gasteiger partial charge on any atom is -0.492 e. The SMILES string of the molecule is CCCCc1cc(Cl)c(COc2ccc3c(c2)OCC32CCN(CC(=O)O)CC2)c(Cl)c1.Cl. The number of ether oxygens (including phenoxy) is 2. The summed E-state index contributed by atoms with van der Waals surface area (Å²) in [6.07, 6.45) is 4.99. The molecule has 0 bridgehead atoms. The Hall–Kier alpha value is -1.66. The van der Waals surface area contributed by atoms with Crippen molar-refractivity contribution in [2.45, 2.75) is 51.0 Å². The summed E-state index contributed by atoms with van der Waals surface area (Å²) in [6.45, 7) is 4.71. The summed E-state index contributed by atoms with van der Waals surface area (Å²) in [4.78, 5) is 13.0. The van der Waals surface area contributed by atoms with Crippen molar-refractivity contribution in [2.24, 2.45) is 0 Å². The van der Waals surface area contributed by atoms with Gasteiger partial charge < -0.3 is 14.6 Å². The molecule has 8 heteroatoms. The summed E-state index contributed by atoms with van der Waals surface area (Å²) in [5, 5.41) is 10.3. The molecule has 0 saturated carbocycles. The number of hydrogen-bond donors (Lipinski definition) is 1. The van der Waals surface area contributed by atoms with Crippen LogP contribution in [0.3, 0.4) is 0 Å². The Morgan fingerprint density at radius 3 is 2.52 bits per heavy atom. The van der Waals surface area contributed by atoms with Crippen LogP contribution in [0.1, 0.15) is 49.3 Å². The second kappa shape index (κ2) is 11.2.